The van der Waals surface area contributed by atoms with Crippen LogP contribution in [0.25, 0.3) is 38.5 Å². The van der Waals surface area contributed by atoms with Gasteiger partial charge >= 0.3 is 0 Å². The molecule has 0 radical (unpaired) electrons. The second kappa shape index (κ2) is 9.50. The van der Waals surface area contributed by atoms with Crippen molar-refractivity contribution in [1.82, 2.24) is 14.5 Å². The van der Waals surface area contributed by atoms with E-state index in [1.165, 1.54) is 18.4 Å². The molecule has 0 aliphatic heterocycles. The SMILES string of the molecule is CC(C)(C)c1cc(Oc2[c-]c3c(cc2)c2ccccc2n3-c2cc(C3CC3)ccn2)nc2c(O)cccc12.[Pt]. The number of fused-ring (bicyclic) bond motifs is 4. The van der Waals surface area contributed by atoms with Crippen molar-refractivity contribution in [2.75, 3.05) is 0 Å². The van der Waals surface area contributed by atoms with E-state index in [9.17, 15) is 5.11 Å². The molecular weight excluding hydrogens is 665 g/mol. The van der Waals surface area contributed by atoms with Crippen molar-refractivity contribution >= 4 is 32.7 Å². The molecule has 1 aliphatic carbocycles. The Morgan fingerprint density at radius 2 is 1.72 bits per heavy atom. The molecule has 3 aromatic carbocycles. The number of phenolic OH excluding ortho intramolecular Hbond substituents is 1. The molecule has 6 aromatic rings. The van der Waals surface area contributed by atoms with Crippen LogP contribution in [0.4, 0.5) is 0 Å². The Hall–Kier alpha value is -3.69. The maximum Gasteiger partial charge on any atom is 0.217 e. The van der Waals surface area contributed by atoms with Crippen LogP contribution in [-0.4, -0.2) is 19.6 Å². The predicted molar refractivity (Wildman–Crippen MR) is 152 cm³/mol. The first-order chi connectivity index (χ1) is 18.4. The van der Waals surface area contributed by atoms with Gasteiger partial charge in [0.1, 0.15) is 17.1 Å². The van der Waals surface area contributed by atoms with Crippen LogP contribution >= 0.6 is 0 Å². The number of aromatic nitrogens is 3. The van der Waals surface area contributed by atoms with Gasteiger partial charge in [0, 0.05) is 50.0 Å². The fourth-order valence-electron chi connectivity index (χ4n) is 5.39. The Balaban J connectivity index is 0.00000277. The van der Waals surface area contributed by atoms with E-state index in [2.05, 4.69) is 78.9 Å². The normalized spacial score (nSPS) is 13.6. The first-order valence-corrected chi connectivity index (χ1v) is 13.1. The van der Waals surface area contributed by atoms with E-state index in [-0.39, 0.29) is 32.2 Å². The van der Waals surface area contributed by atoms with Gasteiger partial charge in [-0.15, -0.1) is 17.5 Å². The summed E-state index contributed by atoms with van der Waals surface area (Å²) >= 11 is 0. The molecule has 0 atom stereocenters. The first-order valence-electron chi connectivity index (χ1n) is 13.1. The van der Waals surface area contributed by atoms with E-state index in [1.54, 1.807) is 6.07 Å². The standard InChI is InChI=1S/C33H28N3O2.Pt/c1-33(2,3)26-19-31(35-32-25(26)8-6-10-29(32)37)38-22-13-14-24-23-7-4-5-9-27(23)36(28(24)18-22)30-17-21(15-16-34-30)20-11-12-20;/h4-10,13-17,19-20,37H,11-12H2,1-3H3;/q-1;. The predicted octanol–water partition coefficient (Wildman–Crippen LogP) is 8.20. The summed E-state index contributed by atoms with van der Waals surface area (Å²) in [5.74, 6) is 2.65. The van der Waals surface area contributed by atoms with Gasteiger partial charge in [-0.1, -0.05) is 56.6 Å². The monoisotopic (exact) mass is 693 g/mol. The van der Waals surface area contributed by atoms with Crippen molar-refractivity contribution in [1.29, 1.82) is 0 Å². The van der Waals surface area contributed by atoms with Crippen LogP contribution in [0.5, 0.6) is 17.4 Å². The molecule has 6 heteroatoms. The summed E-state index contributed by atoms with van der Waals surface area (Å²) in [5.41, 5.74) is 4.76. The second-order valence-corrected chi connectivity index (χ2v) is 11.2. The molecule has 3 heterocycles. The van der Waals surface area contributed by atoms with Gasteiger partial charge in [0.2, 0.25) is 5.88 Å². The van der Waals surface area contributed by atoms with Crippen molar-refractivity contribution in [3.05, 3.63) is 96.2 Å². The Labute approximate surface area is 241 Å². The first kappa shape index (κ1) is 25.6. The molecule has 3 aromatic heterocycles. The van der Waals surface area contributed by atoms with Crippen molar-refractivity contribution in [2.45, 2.75) is 44.9 Å². The number of aromatic hydroxyl groups is 1. The van der Waals surface area contributed by atoms with Crippen LogP contribution < -0.4 is 4.74 Å². The third-order valence-electron chi connectivity index (χ3n) is 7.42. The van der Waals surface area contributed by atoms with E-state index in [1.807, 2.05) is 30.5 Å². The number of ether oxygens (including phenoxy) is 1. The molecule has 1 saturated carbocycles. The zero-order valence-corrected chi connectivity index (χ0v) is 24.3. The molecule has 0 saturated heterocycles. The average molecular weight is 694 g/mol. The number of hydrogen-bond acceptors (Lipinski definition) is 4. The minimum atomic E-state index is -0.161. The minimum Gasteiger partial charge on any atom is -0.506 e. The van der Waals surface area contributed by atoms with Gasteiger partial charge in [0.25, 0.3) is 0 Å². The topological polar surface area (TPSA) is 60.2 Å². The molecule has 0 bridgehead atoms. The summed E-state index contributed by atoms with van der Waals surface area (Å²) < 4.78 is 8.50. The molecule has 39 heavy (non-hydrogen) atoms. The number of benzene rings is 3. The Kier molecular flexibility index (Phi) is 6.23. The molecule has 198 valence electrons. The van der Waals surface area contributed by atoms with Crippen molar-refractivity contribution < 1.29 is 30.9 Å². The van der Waals surface area contributed by atoms with E-state index in [0.717, 1.165) is 38.6 Å². The molecule has 0 spiro atoms. The number of hydrogen-bond donors (Lipinski definition) is 1. The van der Waals surface area contributed by atoms with Crippen LogP contribution in [-0.2, 0) is 26.5 Å². The molecule has 0 amide bonds. The fraction of sp³-hybridized carbons (Fsp3) is 0.212. The Morgan fingerprint density at radius 1 is 0.923 bits per heavy atom. The van der Waals surface area contributed by atoms with Gasteiger partial charge in [0.15, 0.2) is 0 Å². The second-order valence-electron chi connectivity index (χ2n) is 11.2. The van der Waals surface area contributed by atoms with Gasteiger partial charge in [-0.05, 0) is 65.0 Å². The van der Waals surface area contributed by atoms with Crippen LogP contribution in [0.15, 0.2) is 79.0 Å². The summed E-state index contributed by atoms with van der Waals surface area (Å²) in [4.78, 5) is 9.42. The Morgan fingerprint density at radius 3 is 2.51 bits per heavy atom. The van der Waals surface area contributed by atoms with Gasteiger partial charge in [0.05, 0.1) is 0 Å². The zero-order valence-electron chi connectivity index (χ0n) is 22.0. The molecular formula is C33H28N3O2Pt-. The van der Waals surface area contributed by atoms with Crippen LogP contribution in [0.2, 0.25) is 0 Å². The summed E-state index contributed by atoms with van der Waals surface area (Å²) in [6.07, 6.45) is 4.39. The van der Waals surface area contributed by atoms with Crippen LogP contribution in [0, 0.1) is 6.07 Å². The molecule has 7 rings (SSSR count). The van der Waals surface area contributed by atoms with Gasteiger partial charge in [-0.3, -0.25) is 0 Å². The summed E-state index contributed by atoms with van der Waals surface area (Å²) in [5, 5.41) is 13.7. The number of para-hydroxylation sites is 2. The number of pyridine rings is 2. The van der Waals surface area contributed by atoms with E-state index < -0.39 is 0 Å². The van der Waals surface area contributed by atoms with Crippen LogP contribution in [0.1, 0.15) is 50.7 Å². The largest absolute Gasteiger partial charge is 0.506 e. The number of rotatable bonds is 4. The van der Waals surface area contributed by atoms with Crippen molar-refractivity contribution in [2.24, 2.45) is 0 Å². The average Bonchev–Trinajstić information content (AvgIpc) is 3.70. The molecule has 1 fully saturated rings. The van der Waals surface area contributed by atoms with Crippen molar-refractivity contribution in [3.8, 4) is 23.2 Å². The maximum atomic E-state index is 10.6. The molecule has 1 aliphatic rings. The van der Waals surface area contributed by atoms with Gasteiger partial charge in [-0.25, -0.2) is 9.97 Å². The molecule has 0 unspecified atom stereocenters. The maximum absolute atomic E-state index is 10.6. The molecule has 1 N–H and O–H groups in total. The van der Waals surface area contributed by atoms with E-state index in [4.69, 9.17) is 9.72 Å². The van der Waals surface area contributed by atoms with Crippen molar-refractivity contribution in [3.63, 3.8) is 0 Å². The summed E-state index contributed by atoms with van der Waals surface area (Å²) in [7, 11) is 0. The fourth-order valence-corrected chi connectivity index (χ4v) is 5.39. The Bertz CT molecular complexity index is 1870. The number of phenols is 1. The smallest absolute Gasteiger partial charge is 0.217 e. The zero-order chi connectivity index (χ0) is 26.0. The van der Waals surface area contributed by atoms with E-state index >= 15 is 0 Å². The minimum absolute atomic E-state index is 0. The quantitative estimate of drug-likeness (QED) is 0.189. The van der Waals surface area contributed by atoms with Crippen LogP contribution in [0.3, 0.4) is 0 Å². The third kappa shape index (κ3) is 4.49. The van der Waals surface area contributed by atoms with Gasteiger partial charge < -0.3 is 14.4 Å². The summed E-state index contributed by atoms with van der Waals surface area (Å²) in [6.45, 7) is 6.44. The molecule has 5 nitrogen and oxygen atoms in total. The van der Waals surface area contributed by atoms with Gasteiger partial charge in [-0.2, -0.15) is 6.07 Å². The third-order valence-corrected chi connectivity index (χ3v) is 7.42. The van der Waals surface area contributed by atoms with E-state index in [0.29, 0.717) is 23.1 Å². The summed E-state index contributed by atoms with van der Waals surface area (Å²) in [6, 6.07) is 27.7. The number of nitrogens with zero attached hydrogens (tertiary/aromatic N) is 3.